The summed E-state index contributed by atoms with van der Waals surface area (Å²) in [5.74, 6) is -4.99. The smallest absolute Gasteiger partial charge is 0.332 e. The third-order valence-electron chi connectivity index (χ3n) is 17.3. The summed E-state index contributed by atoms with van der Waals surface area (Å²) in [6.07, 6.45) is 12.4. The maximum absolute atomic E-state index is 14.5. The first-order chi connectivity index (χ1) is 49.7. The number of nitrogens with zero attached hydrogens (tertiary/aromatic N) is 3. The van der Waals surface area contributed by atoms with Gasteiger partial charge >= 0.3 is 11.9 Å². The highest BCUT2D eigenvalue weighted by atomic mass is 79.9. The molecule has 4 saturated carbocycles. The van der Waals surface area contributed by atoms with Crippen LogP contribution in [0, 0.1) is 52.7 Å². The average molecular weight is 1510 g/mol. The Labute approximate surface area is 613 Å². The molecule has 13 rings (SSSR count). The molecule has 558 valence electrons. The second-order valence-electron chi connectivity index (χ2n) is 25.5. The van der Waals surface area contributed by atoms with Crippen molar-refractivity contribution in [2.75, 3.05) is 64.5 Å². The molecule has 0 bridgehead atoms. The van der Waals surface area contributed by atoms with Crippen molar-refractivity contribution >= 4 is 68.2 Å². The molecule has 16 nitrogen and oxygen atoms in total. The minimum Gasteiger partial charge on any atom is -0.465 e. The van der Waals surface area contributed by atoms with Crippen LogP contribution < -0.4 is 11.1 Å². The van der Waals surface area contributed by atoms with Crippen LogP contribution in [0.4, 0.5) is 26.3 Å². The van der Waals surface area contributed by atoms with E-state index >= 15 is 0 Å². The lowest BCUT2D eigenvalue weighted by Crippen LogP contribution is -2.43. The number of hydrogen-bond donors (Lipinski definition) is 3. The van der Waals surface area contributed by atoms with E-state index in [2.05, 4.69) is 26.0 Å². The van der Waals surface area contributed by atoms with E-state index in [1.54, 1.807) is 46.8 Å². The maximum Gasteiger partial charge on any atom is 0.332 e. The number of aliphatic hydroxyl groups excluding tert-OH is 1. The van der Waals surface area contributed by atoms with Crippen molar-refractivity contribution in [3.63, 3.8) is 0 Å². The Bertz CT molecular complexity index is 3750. The van der Waals surface area contributed by atoms with Crippen LogP contribution >= 0.6 is 15.9 Å². The summed E-state index contributed by atoms with van der Waals surface area (Å²) < 4.78 is 105. The standard InChI is InChI=1S/C25H26F2N2O3.C25H25F2NO4.C21H19F2NO2.C4H7BrO2.C3H6.C2H7N.CH4/c1-2-28-23(30)15-32-24(17-8-9-17)25(31)29-14-18(20-13-19(26)10-11-21(20)27)12-22(29)16-6-4-3-5-7-16;1-2-31-23(29)15-32-24(17-8-9-17)25(30)28-14-18(20-13-19(26)10-11-21(20)27)12-22(28)16-6-4-3-5-7-16;22-16-8-9-18(23)17(11-16)15-10-19(13-4-2-1-3-5-13)24(12-15)21(26)20(25)14-6-7-14;1-2-7-4(6)3-5;1-2-3-1;1-2-3;/h3-7,10-13,17,22,24H,2,8-9,14-15H2,1H3,(H,28,30);3-7,10-13,17,22,24H,2,8-9,14-15H2,1H3;1-5,8-11,14,19-20,25H,6-7,12H2;2-3H2,1H3;1-3H2;2-3H2,1H3;1H4/t2*22-,24-;19-,20-;;;;/m000..../s1. The fourth-order valence-electron chi connectivity index (χ4n) is 11.7. The second kappa shape index (κ2) is 41.1. The number of alkyl halides is 1. The number of aliphatic hydroxyl groups is 1. The summed E-state index contributed by atoms with van der Waals surface area (Å²) in [5.41, 5.74) is 9.50. The van der Waals surface area contributed by atoms with Gasteiger partial charge in [-0.2, -0.15) is 0 Å². The van der Waals surface area contributed by atoms with Crippen molar-refractivity contribution in [1.82, 2.24) is 20.0 Å². The lowest BCUT2D eigenvalue weighted by Gasteiger charge is -2.29. The summed E-state index contributed by atoms with van der Waals surface area (Å²) in [6, 6.07) is 36.8. The normalized spacial score (nSPS) is 18.3. The number of carbonyl (C=O) groups excluding carboxylic acids is 6. The third-order valence-corrected chi connectivity index (χ3v) is 17.8. The molecule has 0 unspecified atom stereocenters. The van der Waals surface area contributed by atoms with Gasteiger partial charge in [0, 0.05) is 42.9 Å². The summed E-state index contributed by atoms with van der Waals surface area (Å²) in [4.78, 5) is 78.5. The van der Waals surface area contributed by atoms with Gasteiger partial charge in [0.15, 0.2) is 0 Å². The molecule has 0 radical (unpaired) electrons. The number of likely N-dealkylation sites (N-methyl/N-ethyl adjacent to an activating group) is 1. The highest BCUT2D eigenvalue weighted by Gasteiger charge is 2.46. The number of ether oxygens (including phenoxy) is 4. The lowest BCUT2D eigenvalue weighted by atomic mass is 10.0. The first kappa shape index (κ1) is 82.5. The van der Waals surface area contributed by atoms with Crippen molar-refractivity contribution in [2.24, 2.45) is 23.5 Å². The fourth-order valence-corrected chi connectivity index (χ4v) is 11.9. The van der Waals surface area contributed by atoms with Gasteiger partial charge in [-0.05, 0) is 172 Å². The Morgan fingerprint density at radius 1 is 0.490 bits per heavy atom. The number of esters is 2. The Balaban J connectivity index is 0.000000200. The van der Waals surface area contributed by atoms with Crippen LogP contribution in [0.3, 0.4) is 0 Å². The van der Waals surface area contributed by atoms with Gasteiger partial charge < -0.3 is 49.8 Å². The summed E-state index contributed by atoms with van der Waals surface area (Å²) in [7, 11) is 0. The highest BCUT2D eigenvalue weighted by molar-refractivity contribution is 9.09. The number of carbonyl (C=O) groups is 6. The van der Waals surface area contributed by atoms with E-state index in [1.165, 1.54) is 19.3 Å². The number of nitrogens with one attached hydrogen (secondary N) is 1. The Hall–Kier alpha value is -8.74. The summed E-state index contributed by atoms with van der Waals surface area (Å²) in [5, 5.41) is 13.2. The van der Waals surface area contributed by atoms with Gasteiger partial charge in [-0.25, -0.2) is 31.1 Å². The largest absolute Gasteiger partial charge is 0.465 e. The fraction of sp³-hybridized carbons (Fsp3) is 0.407. The monoisotopic (exact) mass is 1510 g/mol. The maximum atomic E-state index is 14.5. The molecule has 0 spiro atoms. The number of benzene rings is 6. The van der Waals surface area contributed by atoms with Gasteiger partial charge in [-0.3, -0.25) is 24.0 Å². The van der Waals surface area contributed by atoms with Crippen LogP contribution in [0.5, 0.6) is 0 Å². The van der Waals surface area contributed by atoms with Crippen molar-refractivity contribution in [3.8, 4) is 0 Å². The van der Waals surface area contributed by atoms with Crippen LogP contribution in [-0.4, -0.2) is 138 Å². The third kappa shape index (κ3) is 24.2. The molecule has 6 atom stereocenters. The molecule has 6 aromatic carbocycles. The van der Waals surface area contributed by atoms with Crippen molar-refractivity contribution in [2.45, 2.75) is 129 Å². The topological polar surface area (TPSA) is 207 Å². The predicted molar refractivity (Wildman–Crippen MR) is 390 cm³/mol. The lowest BCUT2D eigenvalue weighted by molar-refractivity contribution is -0.157. The van der Waals surface area contributed by atoms with E-state index in [1.807, 2.05) is 105 Å². The van der Waals surface area contributed by atoms with E-state index < -0.39 is 77.3 Å². The minimum absolute atomic E-state index is 0. The van der Waals surface area contributed by atoms with Gasteiger partial charge in [0.25, 0.3) is 17.7 Å². The van der Waals surface area contributed by atoms with Crippen LogP contribution in [0.2, 0.25) is 0 Å². The molecule has 0 saturated heterocycles. The number of amides is 4. The number of hydrogen-bond acceptors (Lipinski definition) is 12. The molecule has 4 N–H and O–H groups in total. The zero-order chi connectivity index (χ0) is 74.1. The second-order valence-corrected chi connectivity index (χ2v) is 26.1. The molecule has 23 heteroatoms. The average Bonchev–Trinajstić information content (AvgIpc) is 1.64. The van der Waals surface area contributed by atoms with Crippen LogP contribution in [0.1, 0.15) is 144 Å². The highest BCUT2D eigenvalue weighted by Crippen LogP contribution is 2.44. The summed E-state index contributed by atoms with van der Waals surface area (Å²) >= 11 is 2.94. The SMILES string of the molecule is C.C1CC1.CCN.CCNC(=O)CO[C@H](C(=O)N1CC(c2cc(F)ccc2F)=C[C@H]1c1ccccc1)C1CC1.CCOC(=O)CBr.CCOC(=O)CO[C@H](C(=O)N1CC(c2cc(F)ccc2F)=C[C@H]1c1ccccc1)C1CC1.O=C([C@@H](O)C1CC1)N1CC(c2cc(F)ccc2F)=C[C@H]1c1ccccc1. The zero-order valence-electron chi connectivity index (χ0n) is 58.3. The number of rotatable bonds is 22. The van der Waals surface area contributed by atoms with Crippen LogP contribution in [0.25, 0.3) is 16.7 Å². The first-order valence-electron chi connectivity index (χ1n) is 35.0. The van der Waals surface area contributed by atoms with E-state index in [-0.39, 0.29) is 111 Å². The summed E-state index contributed by atoms with van der Waals surface area (Å²) in [6.45, 7) is 9.03. The molecule has 6 aromatic rings. The molecule has 4 aliphatic carbocycles. The molecular weight excluding hydrogens is 1410 g/mol. The molecule has 7 aliphatic rings. The zero-order valence-corrected chi connectivity index (χ0v) is 59.9. The first-order valence-corrected chi connectivity index (χ1v) is 36.1. The van der Waals surface area contributed by atoms with Gasteiger partial charge in [0.05, 0.1) is 31.3 Å². The van der Waals surface area contributed by atoms with Gasteiger partial charge in [0.1, 0.15) is 71.8 Å². The van der Waals surface area contributed by atoms with E-state index in [0.29, 0.717) is 35.2 Å². The Morgan fingerprint density at radius 3 is 1.12 bits per heavy atom. The van der Waals surface area contributed by atoms with Crippen LogP contribution in [0.15, 0.2) is 164 Å². The van der Waals surface area contributed by atoms with Crippen molar-refractivity contribution in [3.05, 3.63) is 232 Å². The van der Waals surface area contributed by atoms with Crippen molar-refractivity contribution < 1.29 is 79.2 Å². The van der Waals surface area contributed by atoms with E-state index in [9.17, 15) is 60.2 Å². The minimum atomic E-state index is -1.04. The molecule has 3 heterocycles. The molecule has 4 fully saturated rings. The van der Waals surface area contributed by atoms with E-state index in [0.717, 1.165) is 116 Å². The Morgan fingerprint density at radius 2 is 0.817 bits per heavy atom. The molecule has 4 amide bonds. The molecule has 104 heavy (non-hydrogen) atoms. The quantitative estimate of drug-likeness (QED) is 0.0330. The van der Waals surface area contributed by atoms with Crippen LogP contribution in [-0.2, 0) is 47.7 Å². The van der Waals surface area contributed by atoms with Gasteiger partial charge in [-0.15, -0.1) is 0 Å². The molecular formula is C81H94BrF6N5O11. The van der Waals surface area contributed by atoms with Crippen molar-refractivity contribution in [1.29, 1.82) is 0 Å². The number of nitrogens with two attached hydrogens (primary N) is 1. The number of halogens is 7. The Kier molecular flexibility index (Phi) is 32.6. The van der Waals surface area contributed by atoms with E-state index in [4.69, 9.17) is 19.9 Å². The van der Waals surface area contributed by atoms with Gasteiger partial charge in [-0.1, -0.05) is 159 Å². The predicted octanol–water partition coefficient (Wildman–Crippen LogP) is 14.6. The molecule has 3 aliphatic heterocycles. The molecule has 0 aromatic heterocycles. The van der Waals surface area contributed by atoms with Gasteiger partial charge in [0.2, 0.25) is 5.91 Å².